The van der Waals surface area contributed by atoms with Gasteiger partial charge in [0.2, 0.25) is 0 Å². The summed E-state index contributed by atoms with van der Waals surface area (Å²) < 4.78 is 5.07. The maximum Gasteiger partial charge on any atom is 2.00 e. The summed E-state index contributed by atoms with van der Waals surface area (Å²) >= 11 is 0. The summed E-state index contributed by atoms with van der Waals surface area (Å²) in [5.74, 6) is 0. The van der Waals surface area contributed by atoms with E-state index in [2.05, 4.69) is 0 Å². The van der Waals surface area contributed by atoms with Crippen LogP contribution in [0, 0.1) is 0 Å². The van der Waals surface area contributed by atoms with E-state index in [0.717, 1.165) is 13.2 Å². The average molecular weight is 144 g/mol. The third kappa shape index (κ3) is 8.65. The summed E-state index contributed by atoms with van der Waals surface area (Å²) in [6, 6.07) is 0. The molecule has 1 fully saturated rings. The van der Waals surface area contributed by atoms with Gasteiger partial charge in [-0.15, -0.1) is 0 Å². The third-order valence-electron chi connectivity index (χ3n) is 1.08. The van der Waals surface area contributed by atoms with E-state index < -0.39 is 0 Å². The van der Waals surface area contributed by atoms with Crippen LogP contribution in [0.2, 0.25) is 0 Å². The maximum atomic E-state index is 5.07. The van der Waals surface area contributed by atoms with E-state index in [1.54, 1.807) is 0 Å². The minimum Gasteiger partial charge on any atom is -0.870 e. The first-order valence-electron chi connectivity index (χ1n) is 2.58. The molecular weight excluding hydrogens is 132 g/mol. The molecule has 0 radical (unpaired) electrons. The Bertz CT molecular complexity index is 27.7. The van der Waals surface area contributed by atoms with Crippen molar-refractivity contribution in [2.45, 2.75) is 19.3 Å². The summed E-state index contributed by atoms with van der Waals surface area (Å²) in [4.78, 5) is 0. The minimum absolute atomic E-state index is 0. The molecule has 0 aromatic carbocycles. The SMILES string of the molecule is C1CCOCC1.[Mg+2].[OH-].[OH-]. The molecule has 4 heteroatoms. The molecule has 0 spiro atoms. The predicted molar refractivity (Wildman–Crippen MR) is 34.3 cm³/mol. The molecule has 1 aliphatic heterocycles. The molecule has 3 nitrogen and oxygen atoms in total. The predicted octanol–water partition coefficient (Wildman–Crippen LogP) is 0.453. The van der Waals surface area contributed by atoms with E-state index in [-0.39, 0.29) is 34.0 Å². The maximum absolute atomic E-state index is 5.07. The Morgan fingerprint density at radius 3 is 1.33 bits per heavy atom. The van der Waals surface area contributed by atoms with Crippen LogP contribution in [0.3, 0.4) is 0 Å². The van der Waals surface area contributed by atoms with E-state index in [9.17, 15) is 0 Å². The monoisotopic (exact) mass is 144 g/mol. The molecule has 0 saturated carbocycles. The van der Waals surface area contributed by atoms with Crippen LogP contribution in [0.1, 0.15) is 19.3 Å². The van der Waals surface area contributed by atoms with E-state index in [4.69, 9.17) is 4.74 Å². The van der Waals surface area contributed by atoms with Gasteiger partial charge in [-0.05, 0) is 19.3 Å². The average Bonchev–Trinajstić information content (AvgIpc) is 1.72. The first kappa shape index (κ1) is 16.3. The van der Waals surface area contributed by atoms with Gasteiger partial charge in [-0.25, -0.2) is 0 Å². The second-order valence-corrected chi connectivity index (χ2v) is 1.67. The Labute approximate surface area is 71.5 Å². The fourth-order valence-electron chi connectivity index (χ4n) is 0.687. The second kappa shape index (κ2) is 11.4. The van der Waals surface area contributed by atoms with E-state index >= 15 is 0 Å². The van der Waals surface area contributed by atoms with Crippen molar-refractivity contribution in [3.05, 3.63) is 0 Å². The summed E-state index contributed by atoms with van der Waals surface area (Å²) in [7, 11) is 0. The van der Waals surface area contributed by atoms with Gasteiger partial charge >= 0.3 is 23.1 Å². The molecular formula is C5H12MgO3. The normalized spacial score (nSPS) is 16.0. The Balaban J connectivity index is -0.000000120. The molecule has 9 heavy (non-hydrogen) atoms. The molecule has 1 saturated heterocycles. The number of ether oxygens (including phenoxy) is 1. The van der Waals surface area contributed by atoms with Crippen molar-refractivity contribution in [1.29, 1.82) is 0 Å². The van der Waals surface area contributed by atoms with Crippen LogP contribution < -0.4 is 0 Å². The van der Waals surface area contributed by atoms with E-state index in [1.807, 2.05) is 0 Å². The molecule has 0 unspecified atom stereocenters. The van der Waals surface area contributed by atoms with Gasteiger partial charge in [-0.1, -0.05) is 0 Å². The quantitative estimate of drug-likeness (QED) is 0.464. The molecule has 0 atom stereocenters. The van der Waals surface area contributed by atoms with Crippen molar-refractivity contribution in [2.75, 3.05) is 13.2 Å². The summed E-state index contributed by atoms with van der Waals surface area (Å²) in [6.45, 7) is 2.00. The van der Waals surface area contributed by atoms with Crippen LogP contribution in [0.15, 0.2) is 0 Å². The zero-order valence-electron chi connectivity index (χ0n) is 5.55. The summed E-state index contributed by atoms with van der Waals surface area (Å²) in [6.07, 6.45) is 3.93. The molecule has 0 aromatic rings. The molecule has 0 amide bonds. The van der Waals surface area contributed by atoms with Crippen LogP contribution in [-0.4, -0.2) is 47.2 Å². The van der Waals surface area contributed by atoms with E-state index in [0.29, 0.717) is 0 Å². The summed E-state index contributed by atoms with van der Waals surface area (Å²) in [5, 5.41) is 0. The van der Waals surface area contributed by atoms with Crippen LogP contribution in [0.5, 0.6) is 0 Å². The first-order chi connectivity index (χ1) is 3.00. The largest absolute Gasteiger partial charge is 2.00 e. The minimum atomic E-state index is 0. The third-order valence-corrected chi connectivity index (χ3v) is 1.08. The van der Waals surface area contributed by atoms with Gasteiger partial charge in [0.05, 0.1) is 0 Å². The number of hydrogen-bond acceptors (Lipinski definition) is 3. The zero-order chi connectivity index (χ0) is 4.24. The molecule has 1 aliphatic rings. The first-order valence-corrected chi connectivity index (χ1v) is 2.58. The van der Waals surface area contributed by atoms with Crippen LogP contribution in [0.25, 0.3) is 0 Å². The van der Waals surface area contributed by atoms with Gasteiger partial charge in [-0.2, -0.15) is 0 Å². The van der Waals surface area contributed by atoms with Crippen LogP contribution in [0.4, 0.5) is 0 Å². The van der Waals surface area contributed by atoms with Gasteiger partial charge in [-0.3, -0.25) is 0 Å². The van der Waals surface area contributed by atoms with Crippen molar-refractivity contribution in [3.8, 4) is 0 Å². The van der Waals surface area contributed by atoms with Crippen molar-refractivity contribution in [1.82, 2.24) is 0 Å². The molecule has 0 bridgehead atoms. The number of rotatable bonds is 0. The molecule has 0 aliphatic carbocycles. The molecule has 2 N–H and O–H groups in total. The van der Waals surface area contributed by atoms with Crippen molar-refractivity contribution < 1.29 is 15.7 Å². The van der Waals surface area contributed by atoms with Gasteiger partial charge in [0.1, 0.15) is 0 Å². The number of hydrogen-bond donors (Lipinski definition) is 0. The van der Waals surface area contributed by atoms with Gasteiger partial charge in [0.25, 0.3) is 0 Å². The van der Waals surface area contributed by atoms with Crippen molar-refractivity contribution >= 4 is 23.1 Å². The summed E-state index contributed by atoms with van der Waals surface area (Å²) in [5.41, 5.74) is 0. The Morgan fingerprint density at radius 2 is 1.22 bits per heavy atom. The molecule has 0 aromatic heterocycles. The van der Waals surface area contributed by atoms with Gasteiger partial charge in [0.15, 0.2) is 0 Å². The van der Waals surface area contributed by atoms with Gasteiger partial charge in [0, 0.05) is 13.2 Å². The van der Waals surface area contributed by atoms with Crippen LogP contribution in [-0.2, 0) is 4.74 Å². The Kier molecular flexibility index (Phi) is 20.8. The van der Waals surface area contributed by atoms with E-state index in [1.165, 1.54) is 19.3 Å². The molecule has 1 heterocycles. The fourth-order valence-corrected chi connectivity index (χ4v) is 0.687. The van der Waals surface area contributed by atoms with Gasteiger partial charge < -0.3 is 15.7 Å². The molecule has 1 rings (SSSR count). The standard InChI is InChI=1S/C5H10O.Mg.2H2O/c1-2-4-6-5-3-1;;;/h1-5H2;;2*1H2/q;+2;;/p-2. The Hall–Kier alpha value is 0.646. The van der Waals surface area contributed by atoms with Crippen molar-refractivity contribution in [2.24, 2.45) is 0 Å². The van der Waals surface area contributed by atoms with Crippen LogP contribution >= 0.6 is 0 Å². The molecule has 52 valence electrons. The smallest absolute Gasteiger partial charge is 0.870 e. The zero-order valence-corrected chi connectivity index (χ0v) is 6.96. The van der Waals surface area contributed by atoms with Crippen molar-refractivity contribution in [3.63, 3.8) is 0 Å². The fraction of sp³-hybridized carbons (Fsp3) is 1.00. The second-order valence-electron chi connectivity index (χ2n) is 1.67. The Morgan fingerprint density at radius 1 is 0.778 bits per heavy atom. The topological polar surface area (TPSA) is 69.2 Å².